The van der Waals surface area contributed by atoms with Gasteiger partial charge in [0.2, 0.25) is 0 Å². The minimum atomic E-state index is -0.681. The zero-order valence-corrected chi connectivity index (χ0v) is 17.8. The van der Waals surface area contributed by atoms with Gasteiger partial charge in [-0.25, -0.2) is 0 Å². The van der Waals surface area contributed by atoms with Gasteiger partial charge in [-0.1, -0.05) is 20.8 Å². The van der Waals surface area contributed by atoms with Crippen molar-refractivity contribution in [2.24, 2.45) is 46.3 Å². The number of aliphatic carboxylic acids is 1. The summed E-state index contributed by atoms with van der Waals surface area (Å²) in [5.74, 6) is 2.88. The Morgan fingerprint density at radius 1 is 1.14 bits per heavy atom. The topological polar surface area (TPSA) is 74.6 Å². The van der Waals surface area contributed by atoms with Crippen LogP contribution in [0.2, 0.25) is 0 Å². The van der Waals surface area contributed by atoms with Crippen molar-refractivity contribution < 1.29 is 19.8 Å². The van der Waals surface area contributed by atoms with Crippen LogP contribution in [-0.2, 0) is 9.59 Å². The van der Waals surface area contributed by atoms with E-state index in [0.29, 0.717) is 53.1 Å². The highest BCUT2D eigenvalue weighted by molar-refractivity contribution is 5.86. The predicted molar refractivity (Wildman–Crippen MR) is 108 cm³/mol. The van der Waals surface area contributed by atoms with Crippen molar-refractivity contribution >= 4 is 11.8 Å². The quantitative estimate of drug-likeness (QED) is 0.730. The van der Waals surface area contributed by atoms with E-state index in [-0.39, 0.29) is 11.8 Å². The number of rotatable bonds is 4. The van der Waals surface area contributed by atoms with E-state index in [1.807, 2.05) is 0 Å². The van der Waals surface area contributed by atoms with E-state index >= 15 is 0 Å². The van der Waals surface area contributed by atoms with Crippen LogP contribution in [0.5, 0.6) is 0 Å². The molecule has 158 valence electrons. The zero-order valence-electron chi connectivity index (χ0n) is 17.8. The third-order valence-corrected chi connectivity index (χ3v) is 10.1. The summed E-state index contributed by atoms with van der Waals surface area (Å²) in [7, 11) is 0. The molecular weight excluding hydrogens is 352 g/mol. The number of aliphatic hydroxyl groups is 1. The molecule has 0 aromatic heterocycles. The Morgan fingerprint density at radius 3 is 2.61 bits per heavy atom. The van der Waals surface area contributed by atoms with Crippen LogP contribution in [0.1, 0.15) is 85.0 Å². The highest BCUT2D eigenvalue weighted by atomic mass is 16.4. The predicted octanol–water partition coefficient (Wildman–Crippen LogP) is 4.69. The fourth-order valence-electron chi connectivity index (χ4n) is 8.60. The van der Waals surface area contributed by atoms with Crippen LogP contribution in [0.4, 0.5) is 0 Å². The Labute approximate surface area is 169 Å². The number of carboxylic acid groups (broad SMARTS) is 1. The first-order valence-corrected chi connectivity index (χ1v) is 11.6. The Morgan fingerprint density at radius 2 is 1.89 bits per heavy atom. The smallest absolute Gasteiger partial charge is 0.303 e. The lowest BCUT2D eigenvalue weighted by atomic mass is 9.44. The van der Waals surface area contributed by atoms with Gasteiger partial charge in [-0.3, -0.25) is 9.59 Å². The van der Waals surface area contributed by atoms with Crippen LogP contribution in [0, 0.1) is 46.3 Å². The summed E-state index contributed by atoms with van der Waals surface area (Å²) >= 11 is 0. The number of ketones is 1. The fourth-order valence-corrected chi connectivity index (χ4v) is 8.60. The van der Waals surface area contributed by atoms with Crippen molar-refractivity contribution in [2.45, 2.75) is 91.1 Å². The molecule has 0 saturated heterocycles. The molecule has 0 aliphatic heterocycles. The molecule has 4 fully saturated rings. The van der Waals surface area contributed by atoms with Crippen molar-refractivity contribution in [1.29, 1.82) is 0 Å². The Kier molecular flexibility index (Phi) is 5.17. The molecular formula is C24H38O4. The third-order valence-electron chi connectivity index (χ3n) is 10.1. The molecule has 0 spiro atoms. The minimum Gasteiger partial charge on any atom is -0.481 e. The van der Waals surface area contributed by atoms with Crippen LogP contribution in [0.25, 0.3) is 0 Å². The summed E-state index contributed by atoms with van der Waals surface area (Å²) in [4.78, 5) is 24.1. The molecule has 0 aromatic carbocycles. The second-order valence-corrected chi connectivity index (χ2v) is 11.1. The number of Topliss-reactive ketones (excluding diaryl/α,β-unsaturated/α-hetero) is 1. The van der Waals surface area contributed by atoms with E-state index in [1.165, 1.54) is 25.7 Å². The Hall–Kier alpha value is -0.900. The van der Waals surface area contributed by atoms with E-state index in [1.54, 1.807) is 0 Å². The highest BCUT2D eigenvalue weighted by Crippen LogP contribution is 2.67. The number of aliphatic hydroxyl groups excluding tert-OH is 1. The maximum absolute atomic E-state index is 13.1. The molecule has 9 atom stereocenters. The number of hydrogen-bond acceptors (Lipinski definition) is 3. The summed E-state index contributed by atoms with van der Waals surface area (Å²) in [6.07, 6.45) is 8.88. The summed E-state index contributed by atoms with van der Waals surface area (Å²) in [6, 6.07) is 0. The summed E-state index contributed by atoms with van der Waals surface area (Å²) in [5.41, 5.74) is 0.0794. The summed E-state index contributed by atoms with van der Waals surface area (Å²) < 4.78 is 0. The molecule has 4 saturated carbocycles. The molecule has 4 aliphatic carbocycles. The molecule has 0 aromatic rings. The molecule has 4 heteroatoms. The van der Waals surface area contributed by atoms with E-state index in [4.69, 9.17) is 5.11 Å². The molecule has 2 N–H and O–H groups in total. The maximum Gasteiger partial charge on any atom is 0.303 e. The molecule has 4 rings (SSSR count). The second-order valence-electron chi connectivity index (χ2n) is 11.1. The average molecular weight is 391 g/mol. The first kappa shape index (κ1) is 20.4. The number of carbonyl (C=O) groups excluding carboxylic acids is 1. The van der Waals surface area contributed by atoms with Gasteiger partial charge >= 0.3 is 5.97 Å². The minimum absolute atomic E-state index is 0.226. The molecule has 1 unspecified atom stereocenters. The lowest BCUT2D eigenvalue weighted by Crippen LogP contribution is -2.57. The normalized spacial score (nSPS) is 49.1. The van der Waals surface area contributed by atoms with Crippen LogP contribution < -0.4 is 0 Å². The SMILES string of the molecule is C[C@H](CCC(=O)O)[C@H]1CC[C@H]2[C@@H]3CCC4C[C@H](O)CC(=O)[C@]4(C)[C@H]3CC[C@]12C. The van der Waals surface area contributed by atoms with E-state index in [9.17, 15) is 14.7 Å². The van der Waals surface area contributed by atoms with Gasteiger partial charge in [0.15, 0.2) is 0 Å². The highest BCUT2D eigenvalue weighted by Gasteiger charge is 2.62. The van der Waals surface area contributed by atoms with E-state index in [0.717, 1.165) is 25.7 Å². The second kappa shape index (κ2) is 7.11. The van der Waals surface area contributed by atoms with Gasteiger partial charge in [0.1, 0.15) is 5.78 Å². The average Bonchev–Trinajstić information content (AvgIpc) is 2.98. The largest absolute Gasteiger partial charge is 0.481 e. The molecule has 28 heavy (non-hydrogen) atoms. The van der Waals surface area contributed by atoms with Crippen LogP contribution in [-0.4, -0.2) is 28.1 Å². The van der Waals surface area contributed by atoms with Crippen molar-refractivity contribution in [1.82, 2.24) is 0 Å². The first-order chi connectivity index (χ1) is 13.2. The first-order valence-electron chi connectivity index (χ1n) is 11.6. The number of carbonyl (C=O) groups is 2. The molecule has 0 heterocycles. The van der Waals surface area contributed by atoms with Crippen molar-refractivity contribution in [3.8, 4) is 0 Å². The lowest BCUT2D eigenvalue weighted by molar-refractivity contribution is -0.163. The van der Waals surface area contributed by atoms with Crippen molar-refractivity contribution in [3.63, 3.8) is 0 Å². The lowest BCUT2D eigenvalue weighted by Gasteiger charge is -2.60. The number of fused-ring (bicyclic) bond motifs is 5. The van der Waals surface area contributed by atoms with Gasteiger partial charge in [0.05, 0.1) is 6.10 Å². The van der Waals surface area contributed by atoms with Crippen molar-refractivity contribution in [3.05, 3.63) is 0 Å². The summed E-state index contributed by atoms with van der Waals surface area (Å²) in [6.45, 7) is 6.97. The van der Waals surface area contributed by atoms with Gasteiger partial charge < -0.3 is 10.2 Å². The van der Waals surface area contributed by atoms with Crippen molar-refractivity contribution in [2.75, 3.05) is 0 Å². The van der Waals surface area contributed by atoms with Gasteiger partial charge in [-0.05, 0) is 92.3 Å². The van der Waals surface area contributed by atoms with Crippen LogP contribution in [0.15, 0.2) is 0 Å². The standard InChI is InChI=1S/C24H38O4/c1-14(4-9-22(27)28)18-7-8-19-17-6-5-15-12-16(25)13-21(26)24(15,3)20(17)10-11-23(18,19)2/h14-20,25H,4-13H2,1-3H3,(H,27,28)/t14-,15?,16+,17+,18-,19+,20+,23-,24+/m1/s1. The van der Waals surface area contributed by atoms with Gasteiger partial charge in [-0.2, -0.15) is 0 Å². The molecule has 0 amide bonds. The maximum atomic E-state index is 13.1. The van der Waals surface area contributed by atoms with Gasteiger partial charge in [-0.15, -0.1) is 0 Å². The number of hydrogen-bond donors (Lipinski definition) is 2. The fraction of sp³-hybridized carbons (Fsp3) is 0.917. The van der Waals surface area contributed by atoms with Crippen LogP contribution in [0.3, 0.4) is 0 Å². The van der Waals surface area contributed by atoms with Gasteiger partial charge in [0, 0.05) is 18.3 Å². The molecule has 0 bridgehead atoms. The monoisotopic (exact) mass is 390 g/mol. The van der Waals surface area contributed by atoms with Crippen LogP contribution >= 0.6 is 0 Å². The van der Waals surface area contributed by atoms with E-state index < -0.39 is 12.1 Å². The zero-order chi connectivity index (χ0) is 20.3. The van der Waals surface area contributed by atoms with Gasteiger partial charge in [0.25, 0.3) is 0 Å². The van der Waals surface area contributed by atoms with E-state index in [2.05, 4.69) is 20.8 Å². The number of carboxylic acids is 1. The third kappa shape index (κ3) is 2.97. The Balaban J connectivity index is 1.55. The molecule has 4 nitrogen and oxygen atoms in total. The molecule has 0 radical (unpaired) electrons. The molecule has 4 aliphatic rings. The Bertz CT molecular complexity index is 645. The summed E-state index contributed by atoms with van der Waals surface area (Å²) in [5, 5.41) is 19.2.